The Labute approximate surface area is 87.7 Å². The van der Waals surface area contributed by atoms with E-state index in [1.165, 1.54) is 0 Å². The molecule has 0 aliphatic carbocycles. The van der Waals surface area contributed by atoms with Crippen LogP contribution in [0.5, 0.6) is 0 Å². The van der Waals surface area contributed by atoms with E-state index in [1.807, 2.05) is 27.7 Å². The first-order valence-electron chi connectivity index (χ1n) is 4.52. The van der Waals surface area contributed by atoms with E-state index in [0.717, 1.165) is 5.20 Å². The lowest BCUT2D eigenvalue weighted by atomic mass is 10.5. The Morgan fingerprint density at radius 1 is 1.23 bits per heavy atom. The molecule has 0 fully saturated rings. The number of rotatable bonds is 6. The van der Waals surface area contributed by atoms with Gasteiger partial charge in [0.1, 0.15) is 0 Å². The molecular weight excluding hydrogens is 204 g/mol. The van der Waals surface area contributed by atoms with E-state index in [1.54, 1.807) is 0 Å². The summed E-state index contributed by atoms with van der Waals surface area (Å²) in [5, 5.41) is 0.907. The standard InChI is InChI=1S/C9H19ClO2Si/c1-7(2)11-13(9(5)6-10)12-8(3)4/h7-8,13H,5-6H2,1-4H3. The highest BCUT2D eigenvalue weighted by atomic mass is 35.5. The Morgan fingerprint density at radius 2 is 1.62 bits per heavy atom. The monoisotopic (exact) mass is 222 g/mol. The highest BCUT2D eigenvalue weighted by molar-refractivity contribution is 6.55. The molecule has 0 aliphatic heterocycles. The van der Waals surface area contributed by atoms with Crippen molar-refractivity contribution >= 4 is 20.9 Å². The highest BCUT2D eigenvalue weighted by Gasteiger charge is 2.19. The van der Waals surface area contributed by atoms with Crippen LogP contribution < -0.4 is 0 Å². The second kappa shape index (κ2) is 6.60. The summed E-state index contributed by atoms with van der Waals surface area (Å²) in [5.41, 5.74) is 0. The number of allylic oxidation sites excluding steroid dienone is 1. The normalized spacial score (nSPS) is 11.7. The van der Waals surface area contributed by atoms with Crippen molar-refractivity contribution in [3.8, 4) is 0 Å². The average Bonchev–Trinajstić information content (AvgIpc) is 2.00. The second-order valence-electron chi connectivity index (χ2n) is 3.49. The zero-order chi connectivity index (χ0) is 10.4. The molecule has 0 aliphatic rings. The second-order valence-corrected chi connectivity index (χ2v) is 5.79. The first kappa shape index (κ1) is 13.2. The first-order chi connectivity index (χ1) is 5.97. The zero-order valence-corrected chi connectivity index (χ0v) is 10.8. The maximum absolute atomic E-state index is 5.69. The Kier molecular flexibility index (Phi) is 6.68. The molecule has 2 nitrogen and oxygen atoms in total. The van der Waals surface area contributed by atoms with Crippen LogP contribution in [0.25, 0.3) is 0 Å². The quantitative estimate of drug-likeness (QED) is 0.508. The zero-order valence-electron chi connectivity index (χ0n) is 8.84. The summed E-state index contributed by atoms with van der Waals surface area (Å²) < 4.78 is 11.3. The average molecular weight is 223 g/mol. The lowest BCUT2D eigenvalue weighted by Crippen LogP contribution is -2.32. The van der Waals surface area contributed by atoms with Crippen molar-refractivity contribution in [3.05, 3.63) is 11.8 Å². The van der Waals surface area contributed by atoms with Gasteiger partial charge in [0.05, 0.1) is 0 Å². The van der Waals surface area contributed by atoms with Crippen molar-refractivity contribution in [1.29, 1.82) is 0 Å². The molecule has 0 heterocycles. The molecule has 0 aromatic rings. The van der Waals surface area contributed by atoms with Gasteiger partial charge in [-0.05, 0) is 32.9 Å². The van der Waals surface area contributed by atoms with Gasteiger partial charge in [-0.3, -0.25) is 0 Å². The summed E-state index contributed by atoms with van der Waals surface area (Å²) in [6, 6.07) is 0. The minimum atomic E-state index is -1.77. The van der Waals surface area contributed by atoms with Crippen molar-refractivity contribution in [2.75, 3.05) is 5.88 Å². The predicted molar refractivity (Wildman–Crippen MR) is 59.5 cm³/mol. The summed E-state index contributed by atoms with van der Waals surface area (Å²) in [4.78, 5) is 0. The molecule has 0 amide bonds. The van der Waals surface area contributed by atoms with Crippen LogP contribution in [0.15, 0.2) is 11.8 Å². The molecule has 78 valence electrons. The smallest absolute Gasteiger partial charge is 0.352 e. The third-order valence-electron chi connectivity index (χ3n) is 1.30. The summed E-state index contributed by atoms with van der Waals surface area (Å²) >= 11 is 5.69. The Morgan fingerprint density at radius 3 is 1.85 bits per heavy atom. The molecule has 0 saturated heterocycles. The van der Waals surface area contributed by atoms with E-state index in [4.69, 9.17) is 20.5 Å². The van der Waals surface area contributed by atoms with E-state index >= 15 is 0 Å². The lowest BCUT2D eigenvalue weighted by Gasteiger charge is -2.22. The van der Waals surface area contributed by atoms with Gasteiger partial charge in [-0.25, -0.2) is 0 Å². The molecule has 13 heavy (non-hydrogen) atoms. The summed E-state index contributed by atoms with van der Waals surface area (Å²) in [6.45, 7) is 11.8. The molecule has 0 N–H and O–H groups in total. The largest absolute Gasteiger partial charge is 0.391 e. The molecule has 4 heteroatoms. The van der Waals surface area contributed by atoms with Crippen LogP contribution in [0.1, 0.15) is 27.7 Å². The number of hydrogen-bond donors (Lipinski definition) is 0. The van der Waals surface area contributed by atoms with Crippen LogP contribution in [-0.2, 0) is 8.85 Å². The molecule has 0 radical (unpaired) electrons. The van der Waals surface area contributed by atoms with E-state index in [-0.39, 0.29) is 12.2 Å². The van der Waals surface area contributed by atoms with Crippen LogP contribution in [0.2, 0.25) is 0 Å². The molecule has 0 saturated carbocycles. The van der Waals surface area contributed by atoms with E-state index in [9.17, 15) is 0 Å². The topological polar surface area (TPSA) is 18.5 Å². The Hall–Kier alpha value is 0.167. The van der Waals surface area contributed by atoms with Crippen LogP contribution in [0.3, 0.4) is 0 Å². The number of alkyl halides is 1. The highest BCUT2D eigenvalue weighted by Crippen LogP contribution is 2.09. The molecule has 0 bridgehead atoms. The summed E-state index contributed by atoms with van der Waals surface area (Å²) in [7, 11) is -1.77. The van der Waals surface area contributed by atoms with Crippen molar-refractivity contribution in [1.82, 2.24) is 0 Å². The predicted octanol–water partition coefficient (Wildman–Crippen LogP) is 2.39. The molecule has 0 aromatic carbocycles. The maximum atomic E-state index is 5.69. The minimum absolute atomic E-state index is 0.176. The Balaban J connectivity index is 4.10. The summed E-state index contributed by atoms with van der Waals surface area (Å²) in [5.74, 6) is 0.427. The van der Waals surface area contributed by atoms with Gasteiger partial charge in [-0.15, -0.1) is 11.6 Å². The van der Waals surface area contributed by atoms with Gasteiger partial charge < -0.3 is 8.85 Å². The van der Waals surface area contributed by atoms with E-state index < -0.39 is 9.28 Å². The molecule has 0 rings (SSSR count). The van der Waals surface area contributed by atoms with Gasteiger partial charge in [-0.1, -0.05) is 6.58 Å². The third-order valence-corrected chi connectivity index (χ3v) is 4.35. The van der Waals surface area contributed by atoms with Crippen LogP contribution in [0, 0.1) is 0 Å². The maximum Gasteiger partial charge on any atom is 0.352 e. The number of hydrogen-bond acceptors (Lipinski definition) is 2. The van der Waals surface area contributed by atoms with Gasteiger partial charge in [0.2, 0.25) is 0 Å². The molecule has 0 spiro atoms. The van der Waals surface area contributed by atoms with Crippen molar-refractivity contribution in [3.63, 3.8) is 0 Å². The van der Waals surface area contributed by atoms with E-state index in [2.05, 4.69) is 6.58 Å². The molecule has 0 atom stereocenters. The Bertz CT molecular complexity index is 150. The molecule has 0 unspecified atom stereocenters. The fraction of sp³-hybridized carbons (Fsp3) is 0.778. The van der Waals surface area contributed by atoms with Crippen molar-refractivity contribution in [2.45, 2.75) is 39.9 Å². The van der Waals surface area contributed by atoms with Crippen LogP contribution in [-0.4, -0.2) is 27.4 Å². The van der Waals surface area contributed by atoms with Gasteiger partial charge >= 0.3 is 9.28 Å². The fourth-order valence-electron chi connectivity index (χ4n) is 0.782. The lowest BCUT2D eigenvalue weighted by molar-refractivity contribution is 0.136. The van der Waals surface area contributed by atoms with Gasteiger partial charge in [-0.2, -0.15) is 0 Å². The van der Waals surface area contributed by atoms with Crippen LogP contribution in [0.4, 0.5) is 0 Å². The van der Waals surface area contributed by atoms with Crippen molar-refractivity contribution in [2.24, 2.45) is 0 Å². The summed E-state index contributed by atoms with van der Waals surface area (Å²) in [6.07, 6.45) is 0.353. The SMILES string of the molecule is C=C(CCl)[SiH](OC(C)C)OC(C)C. The fourth-order valence-corrected chi connectivity index (χ4v) is 2.72. The minimum Gasteiger partial charge on any atom is -0.391 e. The van der Waals surface area contributed by atoms with Crippen LogP contribution >= 0.6 is 11.6 Å². The van der Waals surface area contributed by atoms with E-state index in [0.29, 0.717) is 5.88 Å². The molecular formula is C9H19ClO2Si. The van der Waals surface area contributed by atoms with Gasteiger partial charge in [0.25, 0.3) is 0 Å². The van der Waals surface area contributed by atoms with Gasteiger partial charge in [0, 0.05) is 18.1 Å². The number of halogens is 1. The first-order valence-corrected chi connectivity index (χ1v) is 6.57. The third kappa shape index (κ3) is 6.27. The van der Waals surface area contributed by atoms with Crippen molar-refractivity contribution < 1.29 is 8.85 Å². The van der Waals surface area contributed by atoms with Gasteiger partial charge in [0.15, 0.2) is 0 Å². The molecule has 0 aromatic heterocycles.